The van der Waals surface area contributed by atoms with Crippen LogP contribution < -0.4 is 9.62 Å². The third kappa shape index (κ3) is 9.10. The van der Waals surface area contributed by atoms with Crippen molar-refractivity contribution in [1.82, 2.24) is 10.2 Å². The maximum absolute atomic E-state index is 14.5. The topological polar surface area (TPSA) is 86.8 Å². The van der Waals surface area contributed by atoms with E-state index in [2.05, 4.69) is 21.2 Å². The van der Waals surface area contributed by atoms with Crippen LogP contribution in [0.5, 0.6) is 0 Å². The predicted molar refractivity (Wildman–Crippen MR) is 184 cm³/mol. The van der Waals surface area contributed by atoms with Crippen LogP contribution >= 0.6 is 39.1 Å². The van der Waals surface area contributed by atoms with Gasteiger partial charge in [0.2, 0.25) is 11.8 Å². The van der Waals surface area contributed by atoms with Gasteiger partial charge in [0.25, 0.3) is 10.0 Å². The molecule has 0 unspecified atom stereocenters. The van der Waals surface area contributed by atoms with Gasteiger partial charge in [-0.15, -0.1) is 0 Å². The highest BCUT2D eigenvalue weighted by Gasteiger charge is 2.35. The highest BCUT2D eigenvalue weighted by molar-refractivity contribution is 9.10. The maximum Gasteiger partial charge on any atom is 0.264 e. The van der Waals surface area contributed by atoms with Crippen molar-refractivity contribution in [2.45, 2.75) is 50.2 Å². The summed E-state index contributed by atoms with van der Waals surface area (Å²) in [6, 6.07) is 27.9. The fourth-order valence-corrected chi connectivity index (χ4v) is 6.71. The van der Waals surface area contributed by atoms with E-state index in [9.17, 15) is 18.0 Å². The molecule has 0 saturated heterocycles. The molecule has 0 aliphatic carbocycles. The van der Waals surface area contributed by atoms with E-state index in [0.29, 0.717) is 27.7 Å². The smallest absolute Gasteiger partial charge is 0.264 e. The van der Waals surface area contributed by atoms with Gasteiger partial charge in [-0.3, -0.25) is 13.9 Å². The number of rotatable bonds is 13. The summed E-state index contributed by atoms with van der Waals surface area (Å²) in [4.78, 5) is 29.8. The van der Waals surface area contributed by atoms with Crippen molar-refractivity contribution < 1.29 is 18.0 Å². The summed E-state index contributed by atoms with van der Waals surface area (Å²) in [5.74, 6) is -0.911. The van der Waals surface area contributed by atoms with E-state index in [1.807, 2.05) is 44.2 Å². The summed E-state index contributed by atoms with van der Waals surface area (Å²) in [7, 11) is -4.18. The molecule has 0 radical (unpaired) electrons. The molecule has 7 nitrogen and oxygen atoms in total. The Morgan fingerprint density at radius 2 is 1.47 bits per heavy atom. The van der Waals surface area contributed by atoms with Gasteiger partial charge in [0.1, 0.15) is 12.6 Å². The van der Waals surface area contributed by atoms with Crippen molar-refractivity contribution in [3.8, 4) is 0 Å². The molecular formula is C34H34BrCl2N3O4S. The van der Waals surface area contributed by atoms with Crippen molar-refractivity contribution in [2.75, 3.05) is 10.8 Å². The standard InChI is InChI=1S/C34H34BrCl2N3O4S/c1-3-24(2)38-34(42)32(21-25-10-6-4-7-11-25)39(22-26-14-19-30(36)31(37)20-26)33(41)23-40(28-17-15-27(35)16-18-28)45(43,44)29-12-8-5-9-13-29/h4-20,24,32H,3,21-23H2,1-2H3,(H,38,42)/t24-,32+/m1/s1. The molecule has 0 aromatic heterocycles. The van der Waals surface area contributed by atoms with Crippen LogP contribution in [0.4, 0.5) is 5.69 Å². The third-order valence-electron chi connectivity index (χ3n) is 7.33. The number of benzene rings is 4. The van der Waals surface area contributed by atoms with Crippen LogP contribution in [-0.2, 0) is 32.6 Å². The van der Waals surface area contributed by atoms with Crippen molar-refractivity contribution in [3.05, 3.63) is 129 Å². The Kier molecular flexibility index (Phi) is 12.1. The van der Waals surface area contributed by atoms with Crippen LogP contribution in [0.25, 0.3) is 0 Å². The normalized spacial score (nSPS) is 12.6. The Hall–Kier alpha value is -3.37. The van der Waals surface area contributed by atoms with E-state index in [1.54, 1.807) is 60.7 Å². The fourth-order valence-electron chi connectivity index (χ4n) is 4.69. The number of carbonyl (C=O) groups excluding carboxylic acids is 2. The van der Waals surface area contributed by atoms with Crippen LogP contribution in [0.3, 0.4) is 0 Å². The number of anilines is 1. The van der Waals surface area contributed by atoms with Crippen LogP contribution in [0.15, 0.2) is 112 Å². The Morgan fingerprint density at radius 3 is 2.07 bits per heavy atom. The Balaban J connectivity index is 1.81. The average molecular weight is 732 g/mol. The number of hydrogen-bond donors (Lipinski definition) is 1. The SMILES string of the molecule is CC[C@@H](C)NC(=O)[C@H](Cc1ccccc1)N(Cc1ccc(Cl)c(Cl)c1)C(=O)CN(c1ccc(Br)cc1)S(=O)(=O)c1ccccc1. The van der Waals surface area contributed by atoms with Crippen LogP contribution in [0, 0.1) is 0 Å². The van der Waals surface area contributed by atoms with Gasteiger partial charge in [0.05, 0.1) is 20.6 Å². The number of amides is 2. The zero-order chi connectivity index (χ0) is 32.6. The largest absolute Gasteiger partial charge is 0.352 e. The van der Waals surface area contributed by atoms with Crippen molar-refractivity contribution >= 4 is 66.7 Å². The Morgan fingerprint density at radius 1 is 0.844 bits per heavy atom. The van der Waals surface area contributed by atoms with Gasteiger partial charge in [-0.2, -0.15) is 0 Å². The van der Waals surface area contributed by atoms with Gasteiger partial charge >= 0.3 is 0 Å². The molecule has 45 heavy (non-hydrogen) atoms. The molecule has 0 spiro atoms. The minimum absolute atomic E-state index is 0.0132. The van der Waals surface area contributed by atoms with Crippen LogP contribution in [-0.4, -0.2) is 43.8 Å². The average Bonchev–Trinajstić information content (AvgIpc) is 3.04. The molecule has 4 rings (SSSR count). The van der Waals surface area contributed by atoms with Gasteiger partial charge in [-0.1, -0.05) is 101 Å². The quantitative estimate of drug-likeness (QED) is 0.154. The molecule has 4 aromatic rings. The second kappa shape index (κ2) is 15.8. The first-order chi connectivity index (χ1) is 21.5. The van der Waals surface area contributed by atoms with Crippen LogP contribution in [0.1, 0.15) is 31.4 Å². The Bertz CT molecular complexity index is 1710. The molecule has 0 bridgehead atoms. The van der Waals surface area contributed by atoms with E-state index in [-0.39, 0.29) is 29.8 Å². The van der Waals surface area contributed by atoms with Gasteiger partial charge in [0.15, 0.2) is 0 Å². The fraction of sp³-hybridized carbons (Fsp3) is 0.235. The summed E-state index contributed by atoms with van der Waals surface area (Å²) >= 11 is 15.9. The summed E-state index contributed by atoms with van der Waals surface area (Å²) in [6.07, 6.45) is 0.900. The molecule has 11 heteroatoms. The number of carbonyl (C=O) groups is 2. The monoisotopic (exact) mass is 729 g/mol. The number of nitrogens with zero attached hydrogens (tertiary/aromatic N) is 2. The summed E-state index contributed by atoms with van der Waals surface area (Å²) in [5, 5.41) is 3.67. The molecule has 236 valence electrons. The second-order valence-corrected chi connectivity index (χ2v) is 14.2. The predicted octanol–water partition coefficient (Wildman–Crippen LogP) is 7.51. The summed E-state index contributed by atoms with van der Waals surface area (Å²) in [6.45, 7) is 3.29. The van der Waals surface area contributed by atoms with E-state index in [4.69, 9.17) is 23.2 Å². The number of hydrogen-bond acceptors (Lipinski definition) is 4. The van der Waals surface area contributed by atoms with Gasteiger partial charge in [-0.05, 0) is 73.0 Å². The minimum atomic E-state index is -4.18. The van der Waals surface area contributed by atoms with Crippen molar-refractivity contribution in [1.29, 1.82) is 0 Å². The molecule has 0 heterocycles. The van der Waals surface area contributed by atoms with E-state index in [0.717, 1.165) is 14.3 Å². The second-order valence-electron chi connectivity index (χ2n) is 10.6. The molecule has 1 N–H and O–H groups in total. The molecular weight excluding hydrogens is 697 g/mol. The first-order valence-electron chi connectivity index (χ1n) is 14.4. The minimum Gasteiger partial charge on any atom is -0.352 e. The van der Waals surface area contributed by atoms with Crippen molar-refractivity contribution in [3.63, 3.8) is 0 Å². The van der Waals surface area contributed by atoms with E-state index in [1.165, 1.54) is 17.0 Å². The third-order valence-corrected chi connectivity index (χ3v) is 10.4. The number of halogens is 3. The lowest BCUT2D eigenvalue weighted by molar-refractivity contribution is -0.140. The lowest BCUT2D eigenvalue weighted by Gasteiger charge is -2.34. The highest BCUT2D eigenvalue weighted by Crippen LogP contribution is 2.28. The molecule has 0 aliphatic heterocycles. The zero-order valence-electron chi connectivity index (χ0n) is 24.9. The van der Waals surface area contributed by atoms with E-state index < -0.39 is 28.5 Å². The number of sulfonamides is 1. The highest BCUT2D eigenvalue weighted by atomic mass is 79.9. The molecule has 0 saturated carbocycles. The molecule has 2 amide bonds. The van der Waals surface area contributed by atoms with Gasteiger partial charge in [-0.25, -0.2) is 8.42 Å². The Labute approximate surface area is 283 Å². The molecule has 4 aromatic carbocycles. The summed E-state index contributed by atoms with van der Waals surface area (Å²) < 4.78 is 29.9. The lowest BCUT2D eigenvalue weighted by Crippen LogP contribution is -2.54. The zero-order valence-corrected chi connectivity index (χ0v) is 28.8. The van der Waals surface area contributed by atoms with Crippen LogP contribution in [0.2, 0.25) is 10.0 Å². The van der Waals surface area contributed by atoms with E-state index >= 15 is 0 Å². The lowest BCUT2D eigenvalue weighted by atomic mass is 10.0. The first-order valence-corrected chi connectivity index (χ1v) is 17.4. The van der Waals surface area contributed by atoms with Crippen molar-refractivity contribution in [2.24, 2.45) is 0 Å². The molecule has 0 fully saturated rings. The molecule has 2 atom stereocenters. The number of nitrogens with one attached hydrogen (secondary N) is 1. The van der Waals surface area contributed by atoms with Gasteiger partial charge < -0.3 is 10.2 Å². The summed E-state index contributed by atoms with van der Waals surface area (Å²) in [5.41, 5.74) is 1.78. The maximum atomic E-state index is 14.5. The first kappa shape index (κ1) is 34.5. The van der Waals surface area contributed by atoms with Gasteiger partial charge in [0, 0.05) is 23.5 Å². The molecule has 0 aliphatic rings.